The molecule has 0 saturated carbocycles. The molecule has 4 rings (SSSR count). The molecule has 0 radical (unpaired) electrons. The third kappa shape index (κ3) is 6.13. The number of rotatable bonds is 7. The molecule has 39 heavy (non-hydrogen) atoms. The van der Waals surface area contributed by atoms with E-state index < -0.39 is 22.9 Å². The van der Waals surface area contributed by atoms with E-state index in [4.69, 9.17) is 9.72 Å². The second-order valence-corrected chi connectivity index (χ2v) is 10.7. The molecule has 0 unspecified atom stereocenters. The van der Waals surface area contributed by atoms with Gasteiger partial charge in [0.15, 0.2) is 16.9 Å². The molecule has 1 aliphatic rings. The third-order valence-electron chi connectivity index (χ3n) is 6.56. The number of carbonyl (C=O) groups excluding carboxylic acids is 2. The Kier molecular flexibility index (Phi) is 8.08. The average Bonchev–Trinajstić information content (AvgIpc) is 3.28. The number of ketones is 1. The molecule has 1 amide bonds. The fourth-order valence-corrected chi connectivity index (χ4v) is 4.73. The van der Waals surface area contributed by atoms with Gasteiger partial charge in [-0.25, -0.2) is 9.59 Å². The zero-order chi connectivity index (χ0) is 28.3. The molecule has 11 heteroatoms. The van der Waals surface area contributed by atoms with Gasteiger partial charge in [0.2, 0.25) is 5.95 Å². The zero-order valence-electron chi connectivity index (χ0n) is 23.1. The lowest BCUT2D eigenvalue weighted by Crippen LogP contribution is -2.49. The summed E-state index contributed by atoms with van der Waals surface area (Å²) in [5, 5.41) is 2.94. The van der Waals surface area contributed by atoms with Crippen LogP contribution in [0.3, 0.4) is 0 Å². The highest BCUT2D eigenvalue weighted by Crippen LogP contribution is 2.24. The minimum atomic E-state index is -0.609. The highest BCUT2D eigenvalue weighted by molar-refractivity contribution is 5.96. The van der Waals surface area contributed by atoms with Crippen LogP contribution in [-0.4, -0.2) is 55.3 Å². The highest BCUT2D eigenvalue weighted by Gasteiger charge is 2.29. The highest BCUT2D eigenvalue weighted by atomic mass is 16.6. The van der Waals surface area contributed by atoms with E-state index >= 15 is 0 Å². The van der Waals surface area contributed by atoms with E-state index in [1.54, 1.807) is 41.9 Å². The number of fused-ring (bicyclic) bond motifs is 1. The maximum Gasteiger partial charge on any atom is 0.407 e. The normalized spacial score (nSPS) is 16.1. The Labute approximate surface area is 226 Å². The van der Waals surface area contributed by atoms with Gasteiger partial charge in [-0.2, -0.15) is 4.98 Å². The van der Waals surface area contributed by atoms with Crippen LogP contribution >= 0.6 is 0 Å². The number of piperidine rings is 1. The standard InChI is InChI=1S/C28H36N6O5/c1-6-7-16-33-22-23(30-25(33)32-15-11-14-20(17-32)29-26(37)39-28(2,3)4)31(5)27(38)34(24(22)36)18-21(35)19-12-9-8-10-13-19/h6-10,12-13,20H,11,14-18H2,1-5H3,(H,29,37)/t20-/m0/s1. The molecular formula is C28H36N6O5. The van der Waals surface area contributed by atoms with Gasteiger partial charge in [0.25, 0.3) is 5.56 Å². The van der Waals surface area contributed by atoms with Crippen molar-refractivity contribution >= 4 is 29.0 Å². The van der Waals surface area contributed by atoms with Crippen LogP contribution in [0.4, 0.5) is 10.7 Å². The number of benzene rings is 1. The molecule has 11 nitrogen and oxygen atoms in total. The van der Waals surface area contributed by atoms with Crippen LogP contribution in [0.1, 0.15) is 50.9 Å². The smallest absolute Gasteiger partial charge is 0.407 e. The number of allylic oxidation sites excluding steroid dienone is 2. The van der Waals surface area contributed by atoms with Crippen molar-refractivity contribution in [2.24, 2.45) is 7.05 Å². The third-order valence-corrected chi connectivity index (χ3v) is 6.56. The molecule has 2 aromatic heterocycles. The number of hydrogen-bond acceptors (Lipinski definition) is 7. The summed E-state index contributed by atoms with van der Waals surface area (Å²) < 4.78 is 9.47. The van der Waals surface area contributed by atoms with Gasteiger partial charge in [-0.3, -0.25) is 18.7 Å². The van der Waals surface area contributed by atoms with Crippen LogP contribution in [0.2, 0.25) is 0 Å². The van der Waals surface area contributed by atoms with E-state index in [0.717, 1.165) is 17.4 Å². The number of aryl methyl sites for hydroxylation is 1. The number of carbonyl (C=O) groups is 2. The molecule has 3 heterocycles. The fourth-order valence-electron chi connectivity index (χ4n) is 4.73. The molecule has 1 fully saturated rings. The minimum Gasteiger partial charge on any atom is -0.444 e. The summed E-state index contributed by atoms with van der Waals surface area (Å²) in [6.45, 7) is 8.43. The number of hydrogen-bond donors (Lipinski definition) is 1. The van der Waals surface area contributed by atoms with Crippen molar-refractivity contribution in [1.82, 2.24) is 24.0 Å². The maximum absolute atomic E-state index is 13.7. The first-order valence-corrected chi connectivity index (χ1v) is 13.1. The molecule has 0 bridgehead atoms. The predicted octanol–water partition coefficient (Wildman–Crippen LogP) is 2.85. The van der Waals surface area contributed by atoms with E-state index in [-0.39, 0.29) is 29.5 Å². The van der Waals surface area contributed by atoms with Gasteiger partial charge in [-0.05, 0) is 40.5 Å². The van der Waals surface area contributed by atoms with Crippen LogP contribution < -0.4 is 21.5 Å². The van der Waals surface area contributed by atoms with E-state index in [1.807, 2.05) is 44.7 Å². The molecule has 1 saturated heterocycles. The lowest BCUT2D eigenvalue weighted by molar-refractivity contribution is 0.0499. The summed E-state index contributed by atoms with van der Waals surface area (Å²) in [7, 11) is 1.55. The minimum absolute atomic E-state index is 0.174. The first-order chi connectivity index (χ1) is 18.5. The summed E-state index contributed by atoms with van der Waals surface area (Å²) in [4.78, 5) is 58.9. The second kappa shape index (κ2) is 11.3. The van der Waals surface area contributed by atoms with Crippen molar-refractivity contribution in [3.05, 3.63) is 68.9 Å². The summed E-state index contributed by atoms with van der Waals surface area (Å²) in [5.74, 6) is 0.194. The molecular weight excluding hydrogens is 500 g/mol. The summed E-state index contributed by atoms with van der Waals surface area (Å²) in [6.07, 6.45) is 4.86. The Bertz CT molecular complexity index is 1510. The van der Waals surface area contributed by atoms with Gasteiger partial charge in [-0.1, -0.05) is 42.5 Å². The molecule has 0 aliphatic carbocycles. The number of ether oxygens (including phenoxy) is 1. The number of nitrogens with one attached hydrogen (secondary N) is 1. The SMILES string of the molecule is CC=CCn1c(N2CCC[C@H](NC(=O)OC(C)(C)C)C2)nc2c1c(=O)n(CC(=O)c1ccccc1)c(=O)n2C. The fraction of sp³-hybridized carbons (Fsp3) is 0.464. The molecule has 1 atom stereocenters. The van der Waals surface area contributed by atoms with Crippen molar-refractivity contribution in [1.29, 1.82) is 0 Å². The largest absolute Gasteiger partial charge is 0.444 e. The zero-order valence-corrected chi connectivity index (χ0v) is 23.1. The first-order valence-electron chi connectivity index (χ1n) is 13.1. The van der Waals surface area contributed by atoms with Crippen LogP contribution in [0, 0.1) is 0 Å². The number of alkyl carbamates (subject to hydrolysis) is 1. The first kappa shape index (κ1) is 27.9. The Morgan fingerprint density at radius 2 is 1.87 bits per heavy atom. The van der Waals surface area contributed by atoms with Crippen molar-refractivity contribution in [3.8, 4) is 0 Å². The second-order valence-electron chi connectivity index (χ2n) is 10.7. The van der Waals surface area contributed by atoms with Crippen molar-refractivity contribution in [2.75, 3.05) is 18.0 Å². The number of imidazole rings is 1. The topological polar surface area (TPSA) is 120 Å². The van der Waals surface area contributed by atoms with Crippen LogP contribution in [0.25, 0.3) is 11.2 Å². The number of anilines is 1. The van der Waals surface area contributed by atoms with Crippen LogP contribution in [0.5, 0.6) is 0 Å². The Hall–Kier alpha value is -4.15. The van der Waals surface area contributed by atoms with Crippen molar-refractivity contribution in [3.63, 3.8) is 0 Å². The molecule has 1 aromatic carbocycles. The molecule has 0 spiro atoms. The van der Waals surface area contributed by atoms with E-state index in [9.17, 15) is 19.2 Å². The lowest BCUT2D eigenvalue weighted by atomic mass is 10.1. The quantitative estimate of drug-likeness (QED) is 0.364. The number of Topliss-reactive ketones (excluding diaryl/α,β-unsaturated/α-hetero) is 1. The van der Waals surface area contributed by atoms with E-state index in [0.29, 0.717) is 31.1 Å². The Balaban J connectivity index is 1.73. The van der Waals surface area contributed by atoms with Gasteiger partial charge >= 0.3 is 11.8 Å². The number of aromatic nitrogens is 4. The Morgan fingerprint density at radius 1 is 1.15 bits per heavy atom. The van der Waals surface area contributed by atoms with E-state index in [1.165, 1.54) is 4.57 Å². The van der Waals surface area contributed by atoms with Crippen LogP contribution in [-0.2, 0) is 24.9 Å². The van der Waals surface area contributed by atoms with Crippen LogP contribution in [0.15, 0.2) is 52.1 Å². The summed E-state index contributed by atoms with van der Waals surface area (Å²) >= 11 is 0. The average molecular weight is 537 g/mol. The summed E-state index contributed by atoms with van der Waals surface area (Å²) in [6, 6.07) is 8.40. The number of nitrogens with zero attached hydrogens (tertiary/aromatic N) is 5. The predicted molar refractivity (Wildman–Crippen MR) is 149 cm³/mol. The lowest BCUT2D eigenvalue weighted by Gasteiger charge is -2.34. The molecule has 1 aliphatic heterocycles. The van der Waals surface area contributed by atoms with Crippen molar-refractivity contribution < 1.29 is 14.3 Å². The monoisotopic (exact) mass is 536 g/mol. The van der Waals surface area contributed by atoms with Gasteiger partial charge in [0.05, 0.1) is 6.54 Å². The van der Waals surface area contributed by atoms with Crippen molar-refractivity contribution in [2.45, 2.75) is 65.3 Å². The summed E-state index contributed by atoms with van der Waals surface area (Å²) in [5.41, 5.74) is -0.871. The van der Waals surface area contributed by atoms with Gasteiger partial charge < -0.3 is 19.5 Å². The molecule has 208 valence electrons. The number of amides is 1. The van der Waals surface area contributed by atoms with E-state index in [2.05, 4.69) is 5.32 Å². The van der Waals surface area contributed by atoms with Gasteiger partial charge in [0, 0.05) is 38.3 Å². The van der Waals surface area contributed by atoms with Gasteiger partial charge in [0.1, 0.15) is 5.60 Å². The maximum atomic E-state index is 13.7. The van der Waals surface area contributed by atoms with Gasteiger partial charge in [-0.15, -0.1) is 0 Å². The molecule has 1 N–H and O–H groups in total. The molecule has 3 aromatic rings. The Morgan fingerprint density at radius 3 is 2.54 bits per heavy atom.